The zero-order valence-electron chi connectivity index (χ0n) is 18.3. The average Bonchev–Trinajstić information content (AvgIpc) is 3.22. The van der Waals surface area contributed by atoms with Crippen LogP contribution < -0.4 is 5.32 Å². The summed E-state index contributed by atoms with van der Waals surface area (Å²) in [5, 5.41) is 6.31. The van der Waals surface area contributed by atoms with Crippen LogP contribution in [-0.2, 0) is 25.7 Å². The van der Waals surface area contributed by atoms with Gasteiger partial charge >= 0.3 is 5.97 Å². The molecule has 2 heterocycles. The van der Waals surface area contributed by atoms with Gasteiger partial charge in [0.1, 0.15) is 0 Å². The molecule has 0 amide bonds. The Kier molecular flexibility index (Phi) is 6.53. The van der Waals surface area contributed by atoms with Crippen LogP contribution in [0.5, 0.6) is 0 Å². The molecule has 0 saturated heterocycles. The van der Waals surface area contributed by atoms with Gasteiger partial charge in [-0.1, -0.05) is 48.5 Å². The van der Waals surface area contributed by atoms with Crippen molar-refractivity contribution in [3.05, 3.63) is 93.6 Å². The summed E-state index contributed by atoms with van der Waals surface area (Å²) in [4.78, 5) is 25.7. The Bertz CT molecular complexity index is 1220. The maximum Gasteiger partial charge on any atom is 0.336 e. The summed E-state index contributed by atoms with van der Waals surface area (Å²) in [7, 11) is 1.36. The Balaban J connectivity index is 1.78. The van der Waals surface area contributed by atoms with Crippen LogP contribution in [0, 0.1) is 0 Å². The van der Waals surface area contributed by atoms with Crippen molar-refractivity contribution in [3.63, 3.8) is 0 Å². The topological polar surface area (TPSA) is 64.6 Å². The molecule has 6 heteroatoms. The predicted molar refractivity (Wildman–Crippen MR) is 126 cm³/mol. The van der Waals surface area contributed by atoms with Gasteiger partial charge in [-0.15, -0.1) is 11.3 Å². The van der Waals surface area contributed by atoms with Crippen molar-refractivity contribution in [3.8, 4) is 0 Å². The number of allylic oxidation sites excluding steroid dienone is 2. The molecule has 3 aromatic rings. The highest BCUT2D eigenvalue weighted by Gasteiger charge is 2.38. The largest absolute Gasteiger partial charge is 0.466 e. The number of esters is 1. The SMILES string of the molecule is COC(=O)C1=C(COCc2ccccc2)NC(C)=C(C(C)=O)C1c1csc2ccccc12. The fraction of sp³-hybridized carbons (Fsp3) is 0.231. The molecule has 0 bridgehead atoms. The molecule has 0 spiro atoms. The highest BCUT2D eigenvalue weighted by Crippen LogP contribution is 2.43. The van der Waals surface area contributed by atoms with Crippen LogP contribution in [0.3, 0.4) is 0 Å². The van der Waals surface area contributed by atoms with E-state index in [2.05, 4.69) is 5.32 Å². The van der Waals surface area contributed by atoms with Gasteiger partial charge in [0, 0.05) is 21.9 Å². The van der Waals surface area contributed by atoms with E-state index in [0.717, 1.165) is 26.9 Å². The molecule has 32 heavy (non-hydrogen) atoms. The molecule has 0 aliphatic carbocycles. The van der Waals surface area contributed by atoms with Crippen LogP contribution in [0.4, 0.5) is 0 Å². The van der Waals surface area contributed by atoms with E-state index in [0.29, 0.717) is 23.5 Å². The number of fused-ring (bicyclic) bond motifs is 1. The van der Waals surface area contributed by atoms with E-state index in [1.54, 1.807) is 11.3 Å². The van der Waals surface area contributed by atoms with Crippen LogP contribution in [0.25, 0.3) is 10.1 Å². The predicted octanol–water partition coefficient (Wildman–Crippen LogP) is 5.10. The third-order valence-electron chi connectivity index (χ3n) is 5.61. The number of ketones is 1. The first kappa shape index (κ1) is 22.0. The first-order chi connectivity index (χ1) is 15.5. The second-order valence-corrected chi connectivity index (χ2v) is 8.61. The molecule has 0 saturated carbocycles. The summed E-state index contributed by atoms with van der Waals surface area (Å²) < 4.78 is 12.2. The number of nitrogens with one attached hydrogen (secondary N) is 1. The molecule has 0 fully saturated rings. The molecule has 1 atom stereocenters. The summed E-state index contributed by atoms with van der Waals surface area (Å²) >= 11 is 1.60. The number of Topliss-reactive ketones (excluding diaryl/α,β-unsaturated/α-hetero) is 1. The monoisotopic (exact) mass is 447 g/mol. The molecule has 1 aromatic heterocycles. The van der Waals surface area contributed by atoms with E-state index in [-0.39, 0.29) is 12.4 Å². The van der Waals surface area contributed by atoms with Gasteiger partial charge in [-0.3, -0.25) is 4.79 Å². The summed E-state index contributed by atoms with van der Waals surface area (Å²) in [6.45, 7) is 4.01. The number of rotatable bonds is 7. The summed E-state index contributed by atoms with van der Waals surface area (Å²) in [5.74, 6) is -1.07. The molecule has 1 unspecified atom stereocenters. The van der Waals surface area contributed by atoms with E-state index >= 15 is 0 Å². The van der Waals surface area contributed by atoms with Crippen LogP contribution in [0.1, 0.15) is 30.9 Å². The summed E-state index contributed by atoms with van der Waals surface area (Å²) in [6.07, 6.45) is 0. The lowest BCUT2D eigenvalue weighted by Crippen LogP contribution is -2.33. The molecule has 5 nitrogen and oxygen atoms in total. The maximum atomic E-state index is 13.0. The molecule has 4 rings (SSSR count). The van der Waals surface area contributed by atoms with Crippen LogP contribution in [0.2, 0.25) is 0 Å². The van der Waals surface area contributed by atoms with Gasteiger partial charge < -0.3 is 14.8 Å². The van der Waals surface area contributed by atoms with Gasteiger partial charge in [0.25, 0.3) is 0 Å². The quantitative estimate of drug-likeness (QED) is 0.511. The summed E-state index contributed by atoms with van der Waals surface area (Å²) in [5.41, 5.74) is 4.30. The molecule has 164 valence electrons. The molecule has 1 aliphatic heterocycles. The number of thiophene rings is 1. The third-order valence-corrected chi connectivity index (χ3v) is 6.59. The third kappa shape index (κ3) is 4.24. The Hall–Kier alpha value is -3.22. The van der Waals surface area contributed by atoms with Gasteiger partial charge in [-0.2, -0.15) is 0 Å². The second kappa shape index (κ2) is 9.51. The Labute approximate surface area is 191 Å². The number of benzene rings is 2. The molecule has 0 radical (unpaired) electrons. The van der Waals surface area contributed by atoms with Gasteiger partial charge in [-0.25, -0.2) is 4.79 Å². The van der Waals surface area contributed by atoms with Crippen molar-refractivity contribution < 1.29 is 19.1 Å². The van der Waals surface area contributed by atoms with Gasteiger partial charge in [-0.05, 0) is 41.8 Å². The highest BCUT2D eigenvalue weighted by atomic mass is 32.1. The minimum absolute atomic E-state index is 0.0825. The van der Waals surface area contributed by atoms with Crippen molar-refractivity contribution in [1.29, 1.82) is 0 Å². The highest BCUT2D eigenvalue weighted by molar-refractivity contribution is 7.17. The van der Waals surface area contributed by atoms with Crippen molar-refractivity contribution in [2.75, 3.05) is 13.7 Å². The van der Waals surface area contributed by atoms with Gasteiger partial charge in [0.2, 0.25) is 0 Å². The van der Waals surface area contributed by atoms with Gasteiger partial charge in [0.05, 0.1) is 31.6 Å². The standard InChI is InChI=1S/C26H25NO4S/c1-16-23(17(2)28)24(20-15-32-22-12-8-7-11-19(20)22)25(26(29)30-3)21(27-16)14-31-13-18-9-5-4-6-10-18/h4-12,15,24,27H,13-14H2,1-3H3. The molecule has 1 aliphatic rings. The number of dihydropyridines is 1. The van der Waals surface area contributed by atoms with E-state index in [4.69, 9.17) is 9.47 Å². The zero-order chi connectivity index (χ0) is 22.7. The minimum Gasteiger partial charge on any atom is -0.466 e. The summed E-state index contributed by atoms with van der Waals surface area (Å²) in [6, 6.07) is 17.9. The smallest absolute Gasteiger partial charge is 0.336 e. The van der Waals surface area contributed by atoms with Crippen molar-refractivity contribution in [1.82, 2.24) is 5.32 Å². The number of methoxy groups -OCH3 is 1. The first-order valence-electron chi connectivity index (χ1n) is 10.4. The van der Waals surface area contributed by atoms with Crippen molar-refractivity contribution >= 4 is 33.2 Å². The molecular weight excluding hydrogens is 422 g/mol. The lowest BCUT2D eigenvalue weighted by molar-refractivity contribution is -0.136. The Morgan fingerprint density at radius 1 is 1.00 bits per heavy atom. The lowest BCUT2D eigenvalue weighted by atomic mass is 9.79. The van der Waals surface area contributed by atoms with E-state index < -0.39 is 11.9 Å². The number of ether oxygens (including phenoxy) is 2. The Morgan fingerprint density at radius 2 is 1.72 bits per heavy atom. The Morgan fingerprint density at radius 3 is 2.44 bits per heavy atom. The second-order valence-electron chi connectivity index (χ2n) is 7.70. The zero-order valence-corrected chi connectivity index (χ0v) is 19.1. The number of hydrogen-bond donors (Lipinski definition) is 1. The van der Waals surface area contributed by atoms with Crippen molar-refractivity contribution in [2.45, 2.75) is 26.4 Å². The fourth-order valence-corrected chi connectivity index (χ4v) is 5.19. The number of carbonyl (C=O) groups is 2. The maximum absolute atomic E-state index is 13.0. The minimum atomic E-state index is -0.521. The number of carbonyl (C=O) groups excluding carboxylic acids is 2. The lowest BCUT2D eigenvalue weighted by Gasteiger charge is -2.31. The van der Waals surface area contributed by atoms with Crippen LogP contribution in [-0.4, -0.2) is 25.5 Å². The fourth-order valence-electron chi connectivity index (χ4n) is 4.21. The first-order valence-corrected chi connectivity index (χ1v) is 11.3. The molecule has 1 N–H and O–H groups in total. The van der Waals surface area contributed by atoms with E-state index in [1.165, 1.54) is 14.0 Å². The molecular formula is C26H25NO4S. The average molecular weight is 448 g/mol. The van der Waals surface area contributed by atoms with Gasteiger partial charge in [0.15, 0.2) is 5.78 Å². The number of hydrogen-bond acceptors (Lipinski definition) is 6. The normalized spacial score (nSPS) is 16.3. The van der Waals surface area contributed by atoms with Crippen LogP contribution in [0.15, 0.2) is 82.5 Å². The van der Waals surface area contributed by atoms with E-state index in [9.17, 15) is 9.59 Å². The van der Waals surface area contributed by atoms with E-state index in [1.807, 2.05) is 66.9 Å². The van der Waals surface area contributed by atoms with Crippen LogP contribution >= 0.6 is 11.3 Å². The molecule has 2 aromatic carbocycles. The van der Waals surface area contributed by atoms with Crippen molar-refractivity contribution in [2.24, 2.45) is 0 Å².